The van der Waals surface area contributed by atoms with Gasteiger partial charge in [0.05, 0.1) is 23.4 Å². The lowest BCUT2D eigenvalue weighted by Gasteiger charge is -2.21. The van der Waals surface area contributed by atoms with Crippen molar-refractivity contribution < 1.29 is 9.53 Å². The molecule has 1 fully saturated rings. The summed E-state index contributed by atoms with van der Waals surface area (Å²) in [6.45, 7) is 2.36. The molecule has 32 heavy (non-hydrogen) atoms. The number of fused-ring (bicyclic) bond motifs is 1. The van der Waals surface area contributed by atoms with E-state index in [0.29, 0.717) is 12.4 Å². The zero-order valence-electron chi connectivity index (χ0n) is 17.6. The number of hydrogen-bond donors (Lipinski definition) is 0. The van der Waals surface area contributed by atoms with Crippen molar-refractivity contribution in [2.45, 2.75) is 25.8 Å². The second-order valence-electron chi connectivity index (χ2n) is 7.48. The first-order chi connectivity index (χ1) is 15.7. The number of pyridine rings is 1. The molecule has 1 aliphatic heterocycles. The maximum atomic E-state index is 12.5. The maximum Gasteiger partial charge on any atom is 0.299 e. The van der Waals surface area contributed by atoms with Crippen molar-refractivity contribution in [3.8, 4) is 34.7 Å². The molecule has 1 aliphatic rings. The van der Waals surface area contributed by atoms with Gasteiger partial charge < -0.3 is 9.64 Å². The molecule has 0 aliphatic carbocycles. The normalized spacial score (nSPS) is 15.4. The van der Waals surface area contributed by atoms with E-state index in [1.165, 1.54) is 0 Å². The Labute approximate surface area is 185 Å². The molecule has 0 N–H and O–H groups in total. The third kappa shape index (κ3) is 3.67. The third-order valence-electron chi connectivity index (χ3n) is 5.49. The average Bonchev–Trinajstić information content (AvgIpc) is 3.46. The van der Waals surface area contributed by atoms with Gasteiger partial charge in [0.15, 0.2) is 0 Å². The highest BCUT2D eigenvalue weighted by molar-refractivity contribution is 5.94. The molecule has 0 unspecified atom stereocenters. The number of aromatic nitrogens is 4. The number of rotatable bonds is 4. The Hall–Kier alpha value is -4.18. The van der Waals surface area contributed by atoms with Crippen LogP contribution < -0.4 is 4.74 Å². The van der Waals surface area contributed by atoms with E-state index in [1.54, 1.807) is 25.5 Å². The number of imidazole rings is 1. The molecule has 1 atom stereocenters. The molecule has 3 aromatic heterocycles. The Morgan fingerprint density at radius 3 is 2.81 bits per heavy atom. The van der Waals surface area contributed by atoms with Gasteiger partial charge in [-0.1, -0.05) is 24.1 Å². The average molecular weight is 423 g/mol. The lowest BCUT2D eigenvalue weighted by atomic mass is 10.2. The number of ether oxygens (including phenoxy) is 1. The highest BCUT2D eigenvalue weighted by atomic mass is 16.5. The first-order valence-electron chi connectivity index (χ1n) is 10.5. The predicted octanol–water partition coefficient (Wildman–Crippen LogP) is 4.27. The van der Waals surface area contributed by atoms with E-state index in [1.807, 2.05) is 58.0 Å². The third-order valence-corrected chi connectivity index (χ3v) is 5.49. The van der Waals surface area contributed by atoms with E-state index < -0.39 is 0 Å². The van der Waals surface area contributed by atoms with Crippen LogP contribution in [0.4, 0.5) is 0 Å². The highest BCUT2D eigenvalue weighted by Crippen LogP contribution is 2.35. The van der Waals surface area contributed by atoms with Crippen molar-refractivity contribution in [2.24, 2.45) is 0 Å². The number of amides is 1. The number of hydrogen-bond acceptors (Lipinski definition) is 5. The molecule has 4 aromatic rings. The molecule has 1 aromatic carbocycles. The molecule has 7 heteroatoms. The fourth-order valence-corrected chi connectivity index (χ4v) is 4.06. The molecule has 1 amide bonds. The predicted molar refractivity (Wildman–Crippen MR) is 120 cm³/mol. The van der Waals surface area contributed by atoms with Gasteiger partial charge in [0.25, 0.3) is 5.91 Å². The molecule has 0 radical (unpaired) electrons. The number of carbonyl (C=O) groups is 1. The second kappa shape index (κ2) is 8.52. The first-order valence-corrected chi connectivity index (χ1v) is 10.5. The zero-order chi connectivity index (χ0) is 21.9. The number of nitrogens with zero attached hydrogens (tertiary/aromatic N) is 5. The highest BCUT2D eigenvalue weighted by Gasteiger charge is 2.33. The SMILES string of the molecule is CC#CC(=O)N1CCC[C@H]1c1nc(-c2ccc(Oc3ccccc3)nc2)c2cnccn12. The molecule has 158 valence electrons. The fraction of sp³-hybridized carbons (Fsp3) is 0.200. The van der Waals surface area contributed by atoms with Crippen LogP contribution in [0.5, 0.6) is 11.6 Å². The van der Waals surface area contributed by atoms with E-state index in [-0.39, 0.29) is 11.9 Å². The molecule has 7 nitrogen and oxygen atoms in total. The summed E-state index contributed by atoms with van der Waals surface area (Å²) in [4.78, 5) is 28.0. The molecular formula is C25H21N5O2. The minimum Gasteiger partial charge on any atom is -0.439 e. The Kier molecular flexibility index (Phi) is 5.26. The summed E-state index contributed by atoms with van der Waals surface area (Å²) in [7, 11) is 0. The lowest BCUT2D eigenvalue weighted by Crippen LogP contribution is -2.30. The van der Waals surface area contributed by atoms with Crippen molar-refractivity contribution in [1.29, 1.82) is 0 Å². The van der Waals surface area contributed by atoms with Gasteiger partial charge in [-0.2, -0.15) is 0 Å². The summed E-state index contributed by atoms with van der Waals surface area (Å²) < 4.78 is 7.81. The van der Waals surface area contributed by atoms with E-state index in [9.17, 15) is 4.79 Å². The second-order valence-corrected chi connectivity index (χ2v) is 7.48. The van der Waals surface area contributed by atoms with Crippen LogP contribution in [0.1, 0.15) is 31.6 Å². The van der Waals surface area contributed by atoms with Crippen LogP contribution in [0.3, 0.4) is 0 Å². The Morgan fingerprint density at radius 2 is 2.03 bits per heavy atom. The molecular weight excluding hydrogens is 402 g/mol. The number of benzene rings is 1. The summed E-state index contributed by atoms with van der Waals surface area (Å²) in [6, 6.07) is 13.2. The van der Waals surface area contributed by atoms with E-state index in [4.69, 9.17) is 9.72 Å². The van der Waals surface area contributed by atoms with Gasteiger partial charge in [-0.15, -0.1) is 0 Å². The van der Waals surface area contributed by atoms with Gasteiger partial charge in [0.1, 0.15) is 11.6 Å². The van der Waals surface area contributed by atoms with E-state index in [0.717, 1.165) is 41.2 Å². The molecule has 1 saturated heterocycles. The van der Waals surface area contributed by atoms with Crippen LogP contribution in [-0.4, -0.2) is 36.7 Å². The summed E-state index contributed by atoms with van der Waals surface area (Å²) in [5.74, 6) is 7.26. The monoisotopic (exact) mass is 423 g/mol. The Bertz CT molecular complexity index is 1320. The van der Waals surface area contributed by atoms with Crippen LogP contribution >= 0.6 is 0 Å². The summed E-state index contributed by atoms with van der Waals surface area (Å²) >= 11 is 0. The van der Waals surface area contributed by atoms with Crippen LogP contribution in [0.25, 0.3) is 16.8 Å². The fourth-order valence-electron chi connectivity index (χ4n) is 4.06. The number of likely N-dealkylation sites (tertiary alicyclic amines) is 1. The van der Waals surface area contributed by atoms with Crippen LogP contribution in [0.15, 0.2) is 67.3 Å². The van der Waals surface area contributed by atoms with Crippen molar-refractivity contribution in [1.82, 2.24) is 24.3 Å². The molecule has 0 bridgehead atoms. The van der Waals surface area contributed by atoms with Gasteiger partial charge in [0.2, 0.25) is 5.88 Å². The molecule has 5 rings (SSSR count). The topological polar surface area (TPSA) is 72.6 Å². The van der Waals surface area contributed by atoms with Crippen LogP contribution in [0, 0.1) is 11.8 Å². The van der Waals surface area contributed by atoms with Gasteiger partial charge >= 0.3 is 0 Å². The minimum absolute atomic E-state index is 0.124. The molecule has 0 saturated carbocycles. The Morgan fingerprint density at radius 1 is 1.16 bits per heavy atom. The summed E-state index contributed by atoms with van der Waals surface area (Å²) in [6.07, 6.45) is 8.91. The van der Waals surface area contributed by atoms with Crippen LogP contribution in [-0.2, 0) is 4.79 Å². The lowest BCUT2D eigenvalue weighted by molar-refractivity contribution is -0.126. The number of carbonyl (C=O) groups excluding carboxylic acids is 1. The number of para-hydroxylation sites is 1. The van der Waals surface area contributed by atoms with E-state index >= 15 is 0 Å². The summed E-state index contributed by atoms with van der Waals surface area (Å²) in [5.41, 5.74) is 2.49. The maximum absolute atomic E-state index is 12.5. The van der Waals surface area contributed by atoms with Crippen molar-refractivity contribution in [3.05, 3.63) is 73.1 Å². The van der Waals surface area contributed by atoms with Gasteiger partial charge in [-0.3, -0.25) is 14.2 Å². The van der Waals surface area contributed by atoms with Gasteiger partial charge in [-0.05, 0) is 43.9 Å². The zero-order valence-corrected chi connectivity index (χ0v) is 17.6. The standard InChI is InChI=1S/C25H21N5O2/c1-2-7-23(31)29-14-6-10-20(29)25-28-24(21-17-26-13-15-30(21)25)18-11-12-22(27-16-18)32-19-8-4-3-5-9-19/h3-5,8-9,11-13,15-17,20H,6,10,14H2,1H3/t20-/m0/s1. The van der Waals surface area contributed by atoms with E-state index in [2.05, 4.69) is 21.8 Å². The largest absolute Gasteiger partial charge is 0.439 e. The van der Waals surface area contributed by atoms with Gasteiger partial charge in [-0.25, -0.2) is 9.97 Å². The summed E-state index contributed by atoms with van der Waals surface area (Å²) in [5, 5.41) is 0. The minimum atomic E-state index is -0.161. The molecule has 0 spiro atoms. The Balaban J connectivity index is 1.50. The van der Waals surface area contributed by atoms with Crippen LogP contribution in [0.2, 0.25) is 0 Å². The first kappa shape index (κ1) is 19.8. The van der Waals surface area contributed by atoms with Gasteiger partial charge in [0, 0.05) is 36.8 Å². The smallest absolute Gasteiger partial charge is 0.299 e. The quantitative estimate of drug-likeness (QED) is 0.459. The van der Waals surface area contributed by atoms with Crippen molar-refractivity contribution in [2.75, 3.05) is 6.54 Å². The molecule has 4 heterocycles. The van der Waals surface area contributed by atoms with Crippen molar-refractivity contribution >= 4 is 11.4 Å². The van der Waals surface area contributed by atoms with Crippen molar-refractivity contribution in [3.63, 3.8) is 0 Å².